The van der Waals surface area contributed by atoms with Crippen molar-refractivity contribution in [3.63, 3.8) is 0 Å². The van der Waals surface area contributed by atoms with Crippen LogP contribution in [0, 0.1) is 0 Å². The maximum atomic E-state index is 10.2. The molecule has 0 aromatic carbocycles. The Morgan fingerprint density at radius 2 is 2.42 bits per heavy atom. The monoisotopic (exact) mass is 188 g/mol. The molecule has 12 heavy (non-hydrogen) atoms. The first-order valence-corrected chi connectivity index (χ1v) is 4.53. The second kappa shape index (κ2) is 4.10. The van der Waals surface area contributed by atoms with Gasteiger partial charge < -0.3 is 9.52 Å². The molecular formula is C6H8N2O3S. The van der Waals surface area contributed by atoms with Gasteiger partial charge in [0.15, 0.2) is 0 Å². The van der Waals surface area contributed by atoms with Crippen molar-refractivity contribution in [1.82, 2.24) is 10.2 Å². The maximum Gasteiger partial charge on any atom is 0.303 e. The van der Waals surface area contributed by atoms with E-state index >= 15 is 0 Å². The van der Waals surface area contributed by atoms with E-state index in [1.165, 1.54) is 11.8 Å². The number of hydrogen-bond donors (Lipinski definition) is 1. The highest BCUT2D eigenvalue weighted by molar-refractivity contribution is 7.98. The summed E-state index contributed by atoms with van der Waals surface area (Å²) in [5.74, 6) is -0.486. The van der Waals surface area contributed by atoms with Crippen LogP contribution in [0.5, 0.6) is 0 Å². The van der Waals surface area contributed by atoms with E-state index in [4.69, 9.17) is 9.52 Å². The van der Waals surface area contributed by atoms with Gasteiger partial charge in [0, 0.05) is 6.42 Å². The average molecular weight is 188 g/mol. The van der Waals surface area contributed by atoms with Gasteiger partial charge in [-0.2, -0.15) is 0 Å². The molecule has 5 nitrogen and oxygen atoms in total. The third kappa shape index (κ3) is 2.54. The third-order valence-electron chi connectivity index (χ3n) is 1.18. The van der Waals surface area contributed by atoms with Crippen molar-refractivity contribution in [3.8, 4) is 0 Å². The zero-order chi connectivity index (χ0) is 8.97. The van der Waals surface area contributed by atoms with Gasteiger partial charge in [-0.25, -0.2) is 0 Å². The van der Waals surface area contributed by atoms with Crippen molar-refractivity contribution >= 4 is 17.7 Å². The van der Waals surface area contributed by atoms with Crippen LogP contribution < -0.4 is 0 Å². The van der Waals surface area contributed by atoms with Gasteiger partial charge in [-0.1, -0.05) is 11.8 Å². The second-order valence-corrected chi connectivity index (χ2v) is 2.82. The van der Waals surface area contributed by atoms with Crippen LogP contribution in [0.3, 0.4) is 0 Å². The molecule has 0 amide bonds. The van der Waals surface area contributed by atoms with Crippen LogP contribution in [-0.2, 0) is 11.2 Å². The molecule has 1 rings (SSSR count). The number of carboxylic acids is 1. The second-order valence-electron chi connectivity index (χ2n) is 2.06. The molecule has 0 aliphatic heterocycles. The van der Waals surface area contributed by atoms with Crippen molar-refractivity contribution in [2.75, 3.05) is 6.26 Å². The summed E-state index contributed by atoms with van der Waals surface area (Å²) in [5.41, 5.74) is 0. The quantitative estimate of drug-likeness (QED) is 0.704. The van der Waals surface area contributed by atoms with E-state index in [0.29, 0.717) is 17.5 Å². The smallest absolute Gasteiger partial charge is 0.303 e. The number of nitrogens with zero attached hydrogens (tertiary/aromatic N) is 2. The summed E-state index contributed by atoms with van der Waals surface area (Å²) in [7, 11) is 0. The molecule has 0 aliphatic carbocycles. The van der Waals surface area contributed by atoms with Crippen LogP contribution in [0.2, 0.25) is 0 Å². The molecule has 1 heterocycles. The van der Waals surface area contributed by atoms with Crippen LogP contribution in [0.15, 0.2) is 9.64 Å². The highest BCUT2D eigenvalue weighted by Crippen LogP contribution is 2.12. The van der Waals surface area contributed by atoms with E-state index < -0.39 is 5.97 Å². The molecule has 0 fully saturated rings. The molecular weight excluding hydrogens is 180 g/mol. The van der Waals surface area contributed by atoms with Crippen LogP contribution in [0.25, 0.3) is 0 Å². The van der Waals surface area contributed by atoms with E-state index in [0.717, 1.165) is 0 Å². The maximum absolute atomic E-state index is 10.2. The van der Waals surface area contributed by atoms with Crippen molar-refractivity contribution in [2.24, 2.45) is 0 Å². The van der Waals surface area contributed by atoms with Gasteiger partial charge in [0.25, 0.3) is 5.22 Å². The molecule has 0 bridgehead atoms. The fourth-order valence-electron chi connectivity index (χ4n) is 0.636. The SMILES string of the molecule is CSc1nnc(CCC(=O)O)o1. The van der Waals surface area contributed by atoms with Gasteiger partial charge in [0.05, 0.1) is 6.42 Å². The summed E-state index contributed by atoms with van der Waals surface area (Å²) >= 11 is 1.34. The molecule has 66 valence electrons. The molecule has 0 atom stereocenters. The summed E-state index contributed by atoms with van der Waals surface area (Å²) in [5, 5.41) is 16.1. The largest absolute Gasteiger partial charge is 0.481 e. The third-order valence-corrected chi connectivity index (χ3v) is 1.69. The first-order chi connectivity index (χ1) is 5.72. The summed E-state index contributed by atoms with van der Waals surface area (Å²) in [4.78, 5) is 10.2. The minimum atomic E-state index is -0.862. The number of aromatic nitrogens is 2. The Labute approximate surface area is 73.2 Å². The predicted molar refractivity (Wildman–Crippen MR) is 42.0 cm³/mol. The highest BCUT2D eigenvalue weighted by Gasteiger charge is 2.06. The van der Waals surface area contributed by atoms with Crippen LogP contribution in [0.4, 0.5) is 0 Å². The Morgan fingerprint density at radius 3 is 2.92 bits per heavy atom. The van der Waals surface area contributed by atoms with Gasteiger partial charge in [0.1, 0.15) is 0 Å². The molecule has 0 saturated carbocycles. The molecule has 1 N–H and O–H groups in total. The predicted octanol–water partition coefficient (Wildman–Crippen LogP) is 0.809. The van der Waals surface area contributed by atoms with Crippen LogP contribution in [-0.4, -0.2) is 27.5 Å². The molecule has 1 aromatic heterocycles. The minimum Gasteiger partial charge on any atom is -0.481 e. The Morgan fingerprint density at radius 1 is 1.67 bits per heavy atom. The summed E-state index contributed by atoms with van der Waals surface area (Å²) < 4.78 is 5.06. The number of rotatable bonds is 4. The summed E-state index contributed by atoms with van der Waals surface area (Å²) in [6.45, 7) is 0. The standard InChI is InChI=1S/C6H8N2O3S/c1-12-6-8-7-4(11-6)2-3-5(9)10/h2-3H2,1H3,(H,9,10). The Hall–Kier alpha value is -1.04. The van der Waals surface area contributed by atoms with Crippen LogP contribution in [0.1, 0.15) is 12.3 Å². The van der Waals surface area contributed by atoms with Gasteiger partial charge in [0.2, 0.25) is 5.89 Å². The number of aryl methyl sites for hydroxylation is 1. The van der Waals surface area contributed by atoms with Crippen molar-refractivity contribution in [3.05, 3.63) is 5.89 Å². The average Bonchev–Trinajstić information content (AvgIpc) is 2.48. The fourth-order valence-corrected chi connectivity index (χ4v) is 0.938. The van der Waals surface area contributed by atoms with E-state index in [2.05, 4.69) is 10.2 Å². The first kappa shape index (κ1) is 9.05. The Balaban J connectivity index is 2.47. The highest BCUT2D eigenvalue weighted by atomic mass is 32.2. The van der Waals surface area contributed by atoms with Gasteiger partial charge >= 0.3 is 5.97 Å². The molecule has 1 aromatic rings. The lowest BCUT2D eigenvalue weighted by Crippen LogP contribution is -1.97. The number of carboxylic acid groups (broad SMARTS) is 1. The van der Waals surface area contributed by atoms with Crippen LogP contribution >= 0.6 is 11.8 Å². The molecule has 0 spiro atoms. The van der Waals surface area contributed by atoms with E-state index in [9.17, 15) is 4.79 Å². The number of thioether (sulfide) groups is 1. The fraction of sp³-hybridized carbons (Fsp3) is 0.500. The number of carbonyl (C=O) groups is 1. The summed E-state index contributed by atoms with van der Waals surface area (Å²) in [6, 6.07) is 0. The van der Waals surface area contributed by atoms with Crippen molar-refractivity contribution in [1.29, 1.82) is 0 Å². The summed E-state index contributed by atoms with van der Waals surface area (Å²) in [6.07, 6.45) is 2.13. The van der Waals surface area contributed by atoms with Gasteiger partial charge in [-0.3, -0.25) is 4.79 Å². The van der Waals surface area contributed by atoms with Gasteiger partial charge in [-0.05, 0) is 6.26 Å². The normalized spacial score (nSPS) is 10.1. The molecule has 0 saturated heterocycles. The molecule has 0 aliphatic rings. The Kier molecular flexibility index (Phi) is 3.09. The lowest BCUT2D eigenvalue weighted by molar-refractivity contribution is -0.137. The van der Waals surface area contributed by atoms with Crippen molar-refractivity contribution in [2.45, 2.75) is 18.1 Å². The topological polar surface area (TPSA) is 76.2 Å². The van der Waals surface area contributed by atoms with Crippen molar-refractivity contribution < 1.29 is 14.3 Å². The lowest BCUT2D eigenvalue weighted by Gasteiger charge is -1.88. The Bertz CT molecular complexity index is 274. The minimum absolute atomic E-state index is 0.0238. The van der Waals surface area contributed by atoms with Gasteiger partial charge in [-0.15, -0.1) is 10.2 Å². The lowest BCUT2D eigenvalue weighted by atomic mass is 10.3. The van der Waals surface area contributed by atoms with E-state index in [-0.39, 0.29) is 6.42 Å². The number of aliphatic carboxylic acids is 1. The van der Waals surface area contributed by atoms with E-state index in [1.54, 1.807) is 0 Å². The first-order valence-electron chi connectivity index (χ1n) is 3.30. The molecule has 6 heteroatoms. The zero-order valence-corrected chi connectivity index (χ0v) is 7.30. The molecule has 0 unspecified atom stereocenters. The zero-order valence-electron chi connectivity index (χ0n) is 6.48. The van der Waals surface area contributed by atoms with E-state index in [1.807, 2.05) is 6.26 Å². The number of hydrogen-bond acceptors (Lipinski definition) is 5. The molecule has 0 radical (unpaired) electrons.